The molecule has 4 heterocycles. The van der Waals surface area contributed by atoms with E-state index in [1.54, 1.807) is 0 Å². The van der Waals surface area contributed by atoms with E-state index in [9.17, 15) is 0 Å². The van der Waals surface area contributed by atoms with Crippen molar-refractivity contribution in [3.8, 4) is 11.3 Å². The third-order valence-corrected chi connectivity index (χ3v) is 5.33. The summed E-state index contributed by atoms with van der Waals surface area (Å²) in [6.45, 7) is 10.0. The van der Waals surface area contributed by atoms with Crippen LogP contribution in [0.4, 0.5) is 5.95 Å². The van der Waals surface area contributed by atoms with Crippen LogP contribution in [-0.4, -0.2) is 83.6 Å². The van der Waals surface area contributed by atoms with Gasteiger partial charge in [0.1, 0.15) is 0 Å². The Morgan fingerprint density at radius 2 is 1.63 bits per heavy atom. The molecule has 0 bridgehead atoms. The maximum atomic E-state index is 5.47. The van der Waals surface area contributed by atoms with Crippen LogP contribution >= 0.6 is 0 Å². The minimum atomic E-state index is 0.375. The van der Waals surface area contributed by atoms with Crippen molar-refractivity contribution in [1.29, 1.82) is 0 Å². The molecule has 0 aliphatic carbocycles. The molecule has 2 aromatic heterocycles. The maximum Gasteiger partial charge on any atom is 0.225 e. The number of imidazole rings is 1. The second-order valence-electron chi connectivity index (χ2n) is 7.03. The molecule has 1 atom stereocenters. The fourth-order valence-corrected chi connectivity index (χ4v) is 3.69. The highest BCUT2D eigenvalue weighted by molar-refractivity contribution is 5.57. The number of morpholine rings is 2. The average molecular weight is 372 g/mol. The van der Waals surface area contributed by atoms with Crippen LogP contribution in [0.15, 0.2) is 24.9 Å². The van der Waals surface area contributed by atoms with Gasteiger partial charge in [-0.25, -0.2) is 15.0 Å². The molecule has 0 radical (unpaired) electrons. The van der Waals surface area contributed by atoms with Gasteiger partial charge in [0.05, 0.1) is 44.6 Å². The summed E-state index contributed by atoms with van der Waals surface area (Å²) in [4.78, 5) is 18.2. The van der Waals surface area contributed by atoms with Crippen molar-refractivity contribution < 1.29 is 9.47 Å². The van der Waals surface area contributed by atoms with E-state index in [0.717, 1.165) is 82.8 Å². The zero-order valence-electron chi connectivity index (χ0n) is 16.0. The van der Waals surface area contributed by atoms with Gasteiger partial charge >= 0.3 is 0 Å². The molecule has 2 aliphatic heterocycles. The van der Waals surface area contributed by atoms with Gasteiger partial charge in [0.25, 0.3) is 0 Å². The van der Waals surface area contributed by atoms with Gasteiger partial charge in [-0.3, -0.25) is 4.90 Å². The van der Waals surface area contributed by atoms with Gasteiger partial charge < -0.3 is 18.9 Å². The molecule has 146 valence electrons. The van der Waals surface area contributed by atoms with Crippen molar-refractivity contribution in [3.05, 3.63) is 24.9 Å². The molecule has 0 spiro atoms. The first-order chi connectivity index (χ1) is 13.3. The third kappa shape index (κ3) is 4.28. The van der Waals surface area contributed by atoms with Crippen LogP contribution in [0.3, 0.4) is 0 Å². The molecule has 0 amide bonds. The predicted octanol–water partition coefficient (Wildman–Crippen LogP) is 1.46. The fourth-order valence-electron chi connectivity index (χ4n) is 3.69. The van der Waals surface area contributed by atoms with Crippen LogP contribution in [0.5, 0.6) is 0 Å². The van der Waals surface area contributed by atoms with Gasteiger partial charge in [-0.05, 0) is 6.42 Å². The number of hydrogen-bond donors (Lipinski definition) is 0. The van der Waals surface area contributed by atoms with Crippen molar-refractivity contribution in [2.75, 3.05) is 64.1 Å². The summed E-state index contributed by atoms with van der Waals surface area (Å²) in [5.41, 5.74) is 2.08. The fraction of sp³-hybridized carbons (Fsp3) is 0.632. The molecular formula is C19H28N6O2. The monoisotopic (exact) mass is 372 g/mol. The van der Waals surface area contributed by atoms with Crippen molar-refractivity contribution in [2.24, 2.45) is 0 Å². The molecule has 2 aromatic rings. The van der Waals surface area contributed by atoms with E-state index in [1.165, 1.54) is 0 Å². The topological polar surface area (TPSA) is 68.5 Å². The van der Waals surface area contributed by atoms with Crippen LogP contribution in [0, 0.1) is 0 Å². The number of anilines is 1. The highest BCUT2D eigenvalue weighted by atomic mass is 16.5. The Morgan fingerprint density at radius 1 is 0.963 bits per heavy atom. The lowest BCUT2D eigenvalue weighted by Crippen LogP contribution is -2.39. The Bertz CT molecular complexity index is 707. The van der Waals surface area contributed by atoms with Gasteiger partial charge in [-0.1, -0.05) is 6.92 Å². The summed E-state index contributed by atoms with van der Waals surface area (Å²) >= 11 is 0. The molecule has 2 aliphatic rings. The van der Waals surface area contributed by atoms with Gasteiger partial charge in [-0.15, -0.1) is 0 Å². The van der Waals surface area contributed by atoms with E-state index in [2.05, 4.69) is 36.2 Å². The van der Waals surface area contributed by atoms with Crippen molar-refractivity contribution in [3.63, 3.8) is 0 Å². The summed E-state index contributed by atoms with van der Waals surface area (Å²) in [7, 11) is 0. The summed E-state index contributed by atoms with van der Waals surface area (Å²) in [5, 5.41) is 0. The summed E-state index contributed by atoms with van der Waals surface area (Å²) in [6, 6.07) is 0.375. The van der Waals surface area contributed by atoms with Crippen molar-refractivity contribution in [1.82, 2.24) is 24.4 Å². The van der Waals surface area contributed by atoms with E-state index in [4.69, 9.17) is 9.47 Å². The normalized spacial score (nSPS) is 20.0. The summed E-state index contributed by atoms with van der Waals surface area (Å²) < 4.78 is 13.1. The molecule has 0 saturated carbocycles. The molecule has 4 rings (SSSR count). The molecular weight excluding hydrogens is 344 g/mol. The van der Waals surface area contributed by atoms with Crippen LogP contribution in [0.25, 0.3) is 11.3 Å². The molecule has 8 heteroatoms. The van der Waals surface area contributed by atoms with Crippen LogP contribution in [0.1, 0.15) is 19.4 Å². The Hall–Kier alpha value is -2.03. The highest BCUT2D eigenvalue weighted by Crippen LogP contribution is 2.25. The molecule has 27 heavy (non-hydrogen) atoms. The lowest BCUT2D eigenvalue weighted by Gasteiger charge is -2.31. The second kappa shape index (κ2) is 8.77. The SMILES string of the molecule is CC[C@H](CN1CCOCC1)n1cncc1-c1cnc(N2CCOCC2)nc1. The zero-order chi connectivity index (χ0) is 18.5. The Kier molecular flexibility index (Phi) is 5.96. The lowest BCUT2D eigenvalue weighted by molar-refractivity contribution is 0.0313. The first-order valence-electron chi connectivity index (χ1n) is 9.82. The minimum absolute atomic E-state index is 0.375. The van der Waals surface area contributed by atoms with Crippen LogP contribution in [-0.2, 0) is 9.47 Å². The highest BCUT2D eigenvalue weighted by Gasteiger charge is 2.20. The number of ether oxygens (including phenoxy) is 2. The number of nitrogens with zero attached hydrogens (tertiary/aromatic N) is 6. The first kappa shape index (κ1) is 18.3. The standard InChI is InChI=1S/C19H28N6O2/c1-2-17(14-23-3-7-26-8-4-23)25-15-20-13-18(25)16-11-21-19(22-12-16)24-5-9-27-10-6-24/h11-13,15,17H,2-10,14H2,1H3/t17-/m1/s1. The average Bonchev–Trinajstić information content (AvgIpc) is 3.23. The van der Waals surface area contributed by atoms with E-state index < -0.39 is 0 Å². The number of aromatic nitrogens is 4. The van der Waals surface area contributed by atoms with Crippen LogP contribution < -0.4 is 4.90 Å². The molecule has 0 aromatic carbocycles. The second-order valence-corrected chi connectivity index (χ2v) is 7.03. The van der Waals surface area contributed by atoms with E-state index >= 15 is 0 Å². The van der Waals surface area contributed by atoms with Crippen LogP contribution in [0.2, 0.25) is 0 Å². The molecule has 0 N–H and O–H groups in total. The predicted molar refractivity (Wildman–Crippen MR) is 103 cm³/mol. The quantitative estimate of drug-likeness (QED) is 0.760. The van der Waals surface area contributed by atoms with Gasteiger partial charge in [0, 0.05) is 56.7 Å². The Labute approximate surface area is 160 Å². The van der Waals surface area contributed by atoms with E-state index in [-0.39, 0.29) is 0 Å². The minimum Gasteiger partial charge on any atom is -0.379 e. The maximum absolute atomic E-state index is 5.47. The summed E-state index contributed by atoms with van der Waals surface area (Å²) in [6.07, 6.45) is 8.71. The van der Waals surface area contributed by atoms with E-state index in [0.29, 0.717) is 6.04 Å². The smallest absolute Gasteiger partial charge is 0.225 e. The molecule has 2 fully saturated rings. The molecule has 0 unspecified atom stereocenters. The summed E-state index contributed by atoms with van der Waals surface area (Å²) in [5.74, 6) is 0.772. The molecule has 8 nitrogen and oxygen atoms in total. The Morgan fingerprint density at radius 3 is 2.30 bits per heavy atom. The number of rotatable bonds is 6. The van der Waals surface area contributed by atoms with Gasteiger partial charge in [0.15, 0.2) is 0 Å². The third-order valence-electron chi connectivity index (χ3n) is 5.33. The van der Waals surface area contributed by atoms with Gasteiger partial charge in [0.2, 0.25) is 5.95 Å². The van der Waals surface area contributed by atoms with Crippen molar-refractivity contribution >= 4 is 5.95 Å². The van der Waals surface area contributed by atoms with E-state index in [1.807, 2.05) is 24.9 Å². The largest absolute Gasteiger partial charge is 0.379 e. The van der Waals surface area contributed by atoms with Gasteiger partial charge in [-0.2, -0.15) is 0 Å². The molecule has 2 saturated heterocycles. The number of hydrogen-bond acceptors (Lipinski definition) is 7. The first-order valence-corrected chi connectivity index (χ1v) is 9.82. The van der Waals surface area contributed by atoms with Crippen molar-refractivity contribution in [2.45, 2.75) is 19.4 Å². The zero-order valence-corrected chi connectivity index (χ0v) is 16.0. The lowest BCUT2D eigenvalue weighted by atomic mass is 10.1. The Balaban J connectivity index is 1.50.